The van der Waals surface area contributed by atoms with Crippen LogP contribution in [-0.2, 0) is 9.53 Å². The first-order valence-electron chi connectivity index (χ1n) is 4.07. The van der Waals surface area contributed by atoms with Gasteiger partial charge >= 0.3 is 0 Å². The van der Waals surface area contributed by atoms with Crippen LogP contribution in [0.4, 0.5) is 0 Å². The van der Waals surface area contributed by atoms with Crippen LogP contribution in [0.3, 0.4) is 0 Å². The Morgan fingerprint density at radius 3 is 2.67 bits per heavy atom. The summed E-state index contributed by atoms with van der Waals surface area (Å²) in [7, 11) is 2.04. The Bertz CT molecular complexity index is 166. The van der Waals surface area contributed by atoms with Crippen molar-refractivity contribution in [3.63, 3.8) is 0 Å². The molecule has 1 rings (SSSR count). The van der Waals surface area contributed by atoms with Crippen LogP contribution in [0.15, 0.2) is 0 Å². The highest BCUT2D eigenvalue weighted by Crippen LogP contribution is 2.06. The Balaban J connectivity index is 2.41. The van der Waals surface area contributed by atoms with Crippen molar-refractivity contribution < 1.29 is 14.0 Å². The first-order valence-corrected chi connectivity index (χ1v) is 4.07. The van der Waals surface area contributed by atoms with E-state index < -0.39 is 0 Å². The number of nitrogens with one attached hydrogen (secondary N) is 1. The maximum atomic E-state index is 11.0. The fourth-order valence-corrected chi connectivity index (χ4v) is 1.33. The van der Waals surface area contributed by atoms with Crippen LogP contribution in [0.5, 0.6) is 0 Å². The Kier molecular flexibility index (Phi) is 3.02. The molecule has 0 aromatic carbocycles. The predicted octanol–water partition coefficient (Wildman–Crippen LogP) is -1.55. The van der Waals surface area contributed by atoms with Crippen LogP contribution in [0, 0.1) is 0 Å². The topological polar surface area (TPSA) is 64.4 Å². The van der Waals surface area contributed by atoms with Crippen LogP contribution in [0.1, 0.15) is 0 Å². The van der Waals surface area contributed by atoms with Crippen LogP contribution in [-0.4, -0.2) is 50.3 Å². The largest absolute Gasteiger partial charge is 0.370 e. The van der Waals surface area contributed by atoms with Gasteiger partial charge in [0.2, 0.25) is 0 Å². The molecule has 1 aliphatic rings. The summed E-state index contributed by atoms with van der Waals surface area (Å²) in [6.45, 7) is 3.67. The normalized spacial score (nSPS) is 21.8. The lowest BCUT2D eigenvalue weighted by Crippen LogP contribution is -2.56. The van der Waals surface area contributed by atoms with Crippen molar-refractivity contribution in [1.29, 1.82) is 0 Å². The van der Waals surface area contributed by atoms with Gasteiger partial charge in [0.1, 0.15) is 13.1 Å². The molecule has 1 amide bonds. The van der Waals surface area contributed by atoms with Crippen LogP contribution >= 0.6 is 0 Å². The first-order chi connectivity index (χ1) is 5.66. The van der Waals surface area contributed by atoms with E-state index in [0.29, 0.717) is 6.54 Å². The van der Waals surface area contributed by atoms with Crippen molar-refractivity contribution in [3.05, 3.63) is 0 Å². The van der Waals surface area contributed by atoms with Gasteiger partial charge in [-0.05, 0) is 0 Å². The molecule has 3 N–H and O–H groups in total. The van der Waals surface area contributed by atoms with Gasteiger partial charge in [0.25, 0.3) is 5.91 Å². The Hall–Kier alpha value is -0.650. The molecular formula is C7H16N3O2+. The molecule has 0 spiro atoms. The SMILES string of the molecule is C[N+]1(CC(=O)NN)CCOCC1. The number of hydrazine groups is 1. The summed E-state index contributed by atoms with van der Waals surface area (Å²) in [4.78, 5) is 11.0. The van der Waals surface area contributed by atoms with E-state index in [0.717, 1.165) is 30.8 Å². The monoisotopic (exact) mass is 174 g/mol. The number of amides is 1. The fraction of sp³-hybridized carbons (Fsp3) is 0.857. The van der Waals surface area contributed by atoms with Crippen molar-refractivity contribution in [2.45, 2.75) is 0 Å². The summed E-state index contributed by atoms with van der Waals surface area (Å²) in [6.07, 6.45) is 0. The minimum Gasteiger partial charge on any atom is -0.370 e. The molecule has 1 fully saturated rings. The number of hydrogen-bond acceptors (Lipinski definition) is 3. The van der Waals surface area contributed by atoms with Crippen molar-refractivity contribution in [3.8, 4) is 0 Å². The Morgan fingerprint density at radius 2 is 2.17 bits per heavy atom. The molecule has 0 radical (unpaired) electrons. The number of carbonyl (C=O) groups excluding carboxylic acids is 1. The lowest BCUT2D eigenvalue weighted by atomic mass is 10.3. The minimum absolute atomic E-state index is 0.112. The van der Waals surface area contributed by atoms with Gasteiger partial charge in [-0.15, -0.1) is 0 Å². The Morgan fingerprint density at radius 1 is 1.58 bits per heavy atom. The number of nitrogens with two attached hydrogens (primary N) is 1. The summed E-state index contributed by atoms with van der Waals surface area (Å²) in [5, 5.41) is 0. The lowest BCUT2D eigenvalue weighted by Gasteiger charge is -2.36. The highest BCUT2D eigenvalue weighted by atomic mass is 16.5. The van der Waals surface area contributed by atoms with E-state index in [1.54, 1.807) is 0 Å². The van der Waals surface area contributed by atoms with Crippen molar-refractivity contribution in [1.82, 2.24) is 5.43 Å². The molecule has 1 saturated heterocycles. The number of likely N-dealkylation sites (N-methyl/N-ethyl adjacent to an activating group) is 1. The summed E-state index contributed by atoms with van der Waals surface area (Å²) in [6, 6.07) is 0. The molecule has 5 nitrogen and oxygen atoms in total. The lowest BCUT2D eigenvalue weighted by molar-refractivity contribution is -0.909. The molecule has 0 saturated carbocycles. The van der Waals surface area contributed by atoms with Gasteiger partial charge in [0, 0.05) is 0 Å². The molecule has 1 heterocycles. The standard InChI is InChI=1S/C7H15N3O2/c1-10(6-7(11)9-8)2-4-12-5-3-10/h2-6,8H2,1H3/p+1. The maximum Gasteiger partial charge on any atom is 0.289 e. The van der Waals surface area contributed by atoms with E-state index in [-0.39, 0.29) is 5.91 Å². The summed E-state index contributed by atoms with van der Waals surface area (Å²) < 4.78 is 5.93. The van der Waals surface area contributed by atoms with Gasteiger partial charge in [-0.1, -0.05) is 0 Å². The second kappa shape index (κ2) is 3.84. The predicted molar refractivity (Wildman–Crippen MR) is 43.9 cm³/mol. The zero-order valence-corrected chi connectivity index (χ0v) is 7.38. The molecule has 0 atom stereocenters. The van der Waals surface area contributed by atoms with Gasteiger partial charge in [-0.2, -0.15) is 0 Å². The van der Waals surface area contributed by atoms with Crippen LogP contribution < -0.4 is 11.3 Å². The highest BCUT2D eigenvalue weighted by molar-refractivity contribution is 5.76. The molecule has 70 valence electrons. The number of hydrogen-bond donors (Lipinski definition) is 2. The quantitative estimate of drug-likeness (QED) is 0.231. The number of nitrogens with zero attached hydrogens (tertiary/aromatic N) is 1. The molecular weight excluding hydrogens is 158 g/mol. The minimum atomic E-state index is -0.112. The molecule has 0 aromatic rings. The zero-order chi connectivity index (χ0) is 9.03. The average molecular weight is 174 g/mol. The third kappa shape index (κ3) is 2.44. The van der Waals surface area contributed by atoms with Crippen LogP contribution in [0.2, 0.25) is 0 Å². The summed E-state index contributed by atoms with van der Waals surface area (Å²) >= 11 is 0. The fourth-order valence-electron chi connectivity index (χ4n) is 1.33. The van der Waals surface area contributed by atoms with Gasteiger partial charge in [-0.3, -0.25) is 10.2 Å². The third-order valence-electron chi connectivity index (χ3n) is 2.24. The molecule has 5 heteroatoms. The molecule has 0 aliphatic carbocycles. The average Bonchev–Trinajstić information content (AvgIpc) is 2.05. The number of ether oxygens (including phenoxy) is 1. The van der Waals surface area contributed by atoms with Crippen molar-refractivity contribution in [2.75, 3.05) is 39.9 Å². The molecule has 0 bridgehead atoms. The van der Waals surface area contributed by atoms with E-state index in [1.807, 2.05) is 7.05 Å². The third-order valence-corrected chi connectivity index (χ3v) is 2.24. The van der Waals surface area contributed by atoms with Gasteiger partial charge in [0.05, 0.1) is 20.3 Å². The maximum absolute atomic E-state index is 11.0. The van der Waals surface area contributed by atoms with Gasteiger partial charge in [0.15, 0.2) is 6.54 Å². The van der Waals surface area contributed by atoms with E-state index >= 15 is 0 Å². The second-order valence-electron chi connectivity index (χ2n) is 3.40. The summed E-state index contributed by atoms with van der Waals surface area (Å²) in [5.41, 5.74) is 2.14. The van der Waals surface area contributed by atoms with Gasteiger partial charge in [-0.25, -0.2) is 5.84 Å². The summed E-state index contributed by atoms with van der Waals surface area (Å²) in [5.74, 6) is 4.90. The smallest absolute Gasteiger partial charge is 0.289 e. The molecule has 1 aliphatic heterocycles. The molecule has 12 heavy (non-hydrogen) atoms. The van der Waals surface area contributed by atoms with E-state index in [1.165, 1.54) is 0 Å². The highest BCUT2D eigenvalue weighted by Gasteiger charge is 2.27. The van der Waals surface area contributed by atoms with E-state index in [2.05, 4.69) is 5.43 Å². The first kappa shape index (κ1) is 9.44. The number of morpholine rings is 1. The van der Waals surface area contributed by atoms with Crippen molar-refractivity contribution in [2.24, 2.45) is 5.84 Å². The molecule has 0 aromatic heterocycles. The number of rotatable bonds is 2. The van der Waals surface area contributed by atoms with Gasteiger partial charge < -0.3 is 9.22 Å². The van der Waals surface area contributed by atoms with E-state index in [4.69, 9.17) is 10.6 Å². The number of carbonyl (C=O) groups is 1. The number of quaternary nitrogens is 1. The Labute approximate surface area is 72.0 Å². The van der Waals surface area contributed by atoms with Crippen LogP contribution in [0.25, 0.3) is 0 Å². The van der Waals surface area contributed by atoms with E-state index in [9.17, 15) is 4.79 Å². The zero-order valence-electron chi connectivity index (χ0n) is 7.38. The molecule has 0 unspecified atom stereocenters. The second-order valence-corrected chi connectivity index (χ2v) is 3.40. The van der Waals surface area contributed by atoms with Crippen molar-refractivity contribution >= 4 is 5.91 Å².